The molecular formula is C31H37FN2O4. The van der Waals surface area contributed by atoms with Crippen molar-refractivity contribution in [2.45, 2.75) is 82.8 Å². The van der Waals surface area contributed by atoms with Crippen LogP contribution in [0, 0.1) is 5.82 Å². The number of aromatic nitrogens is 2. The molecule has 0 bridgehead atoms. The molecule has 0 aliphatic heterocycles. The van der Waals surface area contributed by atoms with Crippen molar-refractivity contribution in [2.24, 2.45) is 0 Å². The van der Waals surface area contributed by atoms with Crippen LogP contribution >= 0.6 is 0 Å². The van der Waals surface area contributed by atoms with Crippen molar-refractivity contribution in [1.82, 2.24) is 9.78 Å². The second-order valence-electron chi connectivity index (χ2n) is 11.3. The van der Waals surface area contributed by atoms with Gasteiger partial charge in [0.1, 0.15) is 5.82 Å². The average Bonchev–Trinajstić information content (AvgIpc) is 3.22. The first-order valence-electron chi connectivity index (χ1n) is 13.2. The van der Waals surface area contributed by atoms with E-state index in [0.29, 0.717) is 5.69 Å². The summed E-state index contributed by atoms with van der Waals surface area (Å²) in [6, 6.07) is 15.0. The van der Waals surface area contributed by atoms with Gasteiger partial charge in [0.2, 0.25) is 0 Å². The summed E-state index contributed by atoms with van der Waals surface area (Å²) in [7, 11) is 0. The summed E-state index contributed by atoms with van der Waals surface area (Å²) in [4.78, 5) is 10.8. The Labute approximate surface area is 223 Å². The Balaban J connectivity index is 1.65. The molecule has 0 saturated heterocycles. The first-order valence-corrected chi connectivity index (χ1v) is 13.2. The molecule has 6 nitrogen and oxygen atoms in total. The topological polar surface area (TPSA) is 95.6 Å². The van der Waals surface area contributed by atoms with Gasteiger partial charge < -0.3 is 15.3 Å². The number of carboxylic acid groups (broad SMARTS) is 1. The Bertz CT molecular complexity index is 1270. The molecule has 2 aromatic carbocycles. The van der Waals surface area contributed by atoms with Crippen molar-refractivity contribution in [3.8, 4) is 5.69 Å². The highest BCUT2D eigenvalue weighted by atomic mass is 19.1. The second-order valence-corrected chi connectivity index (χ2v) is 11.3. The maximum Gasteiger partial charge on any atom is 0.305 e. The van der Waals surface area contributed by atoms with Crippen molar-refractivity contribution >= 4 is 12.0 Å². The number of halogens is 1. The van der Waals surface area contributed by atoms with Crippen molar-refractivity contribution in [2.75, 3.05) is 0 Å². The zero-order valence-electron chi connectivity index (χ0n) is 22.3. The third kappa shape index (κ3) is 6.77. The van der Waals surface area contributed by atoms with E-state index in [9.17, 15) is 19.4 Å². The predicted octanol–water partition coefficient (Wildman–Crippen LogP) is 5.57. The Morgan fingerprint density at radius 1 is 1.13 bits per heavy atom. The summed E-state index contributed by atoms with van der Waals surface area (Å²) in [5.41, 5.74) is 6.30. The van der Waals surface area contributed by atoms with Gasteiger partial charge in [-0.1, -0.05) is 51.1 Å². The summed E-state index contributed by atoms with van der Waals surface area (Å²) in [6.45, 7) is 6.61. The number of carbonyl (C=O) groups is 1. The van der Waals surface area contributed by atoms with Crippen LogP contribution in [0.2, 0.25) is 0 Å². The minimum Gasteiger partial charge on any atom is -0.481 e. The lowest BCUT2D eigenvalue weighted by atomic mass is 9.82. The van der Waals surface area contributed by atoms with Gasteiger partial charge in [0, 0.05) is 17.9 Å². The molecule has 4 rings (SSSR count). The molecule has 0 radical (unpaired) electrons. The number of aliphatic hydroxyl groups excluding tert-OH is 2. The van der Waals surface area contributed by atoms with Gasteiger partial charge >= 0.3 is 5.97 Å². The predicted molar refractivity (Wildman–Crippen MR) is 146 cm³/mol. The number of rotatable bonds is 9. The van der Waals surface area contributed by atoms with Crippen LogP contribution in [0.25, 0.3) is 11.8 Å². The Morgan fingerprint density at radius 3 is 2.45 bits per heavy atom. The van der Waals surface area contributed by atoms with Crippen LogP contribution in [0.1, 0.15) is 80.5 Å². The highest BCUT2D eigenvalue weighted by molar-refractivity contribution is 5.67. The lowest BCUT2D eigenvalue weighted by Gasteiger charge is -2.23. The lowest BCUT2D eigenvalue weighted by molar-refractivity contribution is -0.139. The summed E-state index contributed by atoms with van der Waals surface area (Å²) in [5, 5.41) is 34.2. The Hall–Kier alpha value is -3.29. The van der Waals surface area contributed by atoms with E-state index < -0.39 is 24.6 Å². The normalized spacial score (nSPS) is 17.4. The summed E-state index contributed by atoms with van der Waals surface area (Å²) < 4.78 is 15.5. The number of hydrogen-bond donors (Lipinski definition) is 3. The van der Waals surface area contributed by atoms with Crippen LogP contribution in [0.4, 0.5) is 4.39 Å². The molecule has 1 aliphatic carbocycles. The van der Waals surface area contributed by atoms with Crippen molar-refractivity contribution in [3.63, 3.8) is 0 Å². The van der Waals surface area contributed by atoms with E-state index in [2.05, 4.69) is 45.0 Å². The molecule has 0 spiro atoms. The smallest absolute Gasteiger partial charge is 0.305 e. The van der Waals surface area contributed by atoms with Gasteiger partial charge in [0.05, 0.1) is 35.7 Å². The van der Waals surface area contributed by atoms with Gasteiger partial charge in [-0.3, -0.25) is 4.79 Å². The minimum atomic E-state index is -1.14. The van der Waals surface area contributed by atoms with Crippen LogP contribution in [0.3, 0.4) is 0 Å². The second kappa shape index (κ2) is 11.6. The van der Waals surface area contributed by atoms with Crippen molar-refractivity contribution < 1.29 is 24.5 Å². The number of carboxylic acids is 1. The first kappa shape index (κ1) is 27.7. The van der Waals surface area contributed by atoms with Crippen LogP contribution in [0.15, 0.2) is 54.6 Å². The molecular weight excluding hydrogens is 483 g/mol. The minimum absolute atomic E-state index is 0.0805. The summed E-state index contributed by atoms with van der Waals surface area (Å²) in [6.07, 6.45) is 4.42. The largest absolute Gasteiger partial charge is 0.481 e. The molecule has 3 aromatic rings. The van der Waals surface area contributed by atoms with E-state index in [1.165, 1.54) is 23.3 Å². The van der Waals surface area contributed by atoms with E-state index in [-0.39, 0.29) is 23.6 Å². The molecule has 7 heteroatoms. The molecule has 1 aromatic heterocycles. The highest BCUT2D eigenvalue weighted by Crippen LogP contribution is 2.37. The van der Waals surface area contributed by atoms with Gasteiger partial charge in [-0.15, -0.1) is 0 Å². The van der Waals surface area contributed by atoms with Crippen LogP contribution in [-0.2, 0) is 23.1 Å². The third-order valence-corrected chi connectivity index (χ3v) is 7.19. The van der Waals surface area contributed by atoms with Gasteiger partial charge in [-0.2, -0.15) is 5.10 Å². The Kier molecular flexibility index (Phi) is 8.48. The van der Waals surface area contributed by atoms with Gasteiger partial charge in [0.15, 0.2) is 0 Å². The van der Waals surface area contributed by atoms with Gasteiger partial charge in [-0.05, 0) is 72.6 Å². The van der Waals surface area contributed by atoms with Crippen LogP contribution < -0.4 is 0 Å². The molecule has 0 amide bonds. The fourth-order valence-electron chi connectivity index (χ4n) is 5.15. The number of aliphatic carboxylic acids is 1. The van der Waals surface area contributed by atoms with E-state index in [0.717, 1.165) is 42.6 Å². The van der Waals surface area contributed by atoms with Crippen molar-refractivity contribution in [3.05, 3.63) is 88.5 Å². The molecule has 0 saturated carbocycles. The molecule has 38 heavy (non-hydrogen) atoms. The maximum absolute atomic E-state index is 13.7. The number of aliphatic hydroxyl groups is 2. The van der Waals surface area contributed by atoms with Gasteiger partial charge in [-0.25, -0.2) is 9.07 Å². The van der Waals surface area contributed by atoms with E-state index in [1.807, 2.05) is 0 Å². The highest BCUT2D eigenvalue weighted by Gasteiger charge is 2.28. The summed E-state index contributed by atoms with van der Waals surface area (Å²) in [5.74, 6) is -1.21. The molecule has 0 fully saturated rings. The fourth-order valence-corrected chi connectivity index (χ4v) is 5.15. The summed E-state index contributed by atoms with van der Waals surface area (Å²) >= 11 is 0. The van der Waals surface area contributed by atoms with Crippen LogP contribution in [-0.4, -0.2) is 43.3 Å². The van der Waals surface area contributed by atoms with Gasteiger partial charge in [0.25, 0.3) is 0 Å². The lowest BCUT2D eigenvalue weighted by Crippen LogP contribution is -2.19. The maximum atomic E-state index is 13.7. The molecule has 1 aliphatic rings. The number of nitrogens with zero attached hydrogens (tertiary/aromatic N) is 2. The third-order valence-electron chi connectivity index (χ3n) is 7.19. The molecule has 202 valence electrons. The van der Waals surface area contributed by atoms with E-state index >= 15 is 0 Å². The van der Waals surface area contributed by atoms with E-state index in [4.69, 9.17) is 10.2 Å². The molecule has 3 atom stereocenters. The number of benzene rings is 2. The number of fused-ring (bicyclic) bond motifs is 1. The quantitative estimate of drug-likeness (QED) is 0.343. The average molecular weight is 521 g/mol. The standard InChI is InChI=1S/C31H37FN2O4/c1-31(2,3)22-9-7-20(8-10-22)17-21-5-4-6-27-28(16-15-25(35)18-26(36)19-29(37)38)34(33-30(21)27)24-13-11-23(32)12-14-24/h7-16,21,25-26,35-36H,4-6,17-19H2,1-3H3,(H,37,38)/b16-15+. The number of hydrogen-bond acceptors (Lipinski definition) is 4. The molecule has 1 heterocycles. The monoisotopic (exact) mass is 520 g/mol. The first-order chi connectivity index (χ1) is 18.0. The fraction of sp³-hybridized carbons (Fsp3) is 0.419. The van der Waals surface area contributed by atoms with Crippen LogP contribution in [0.5, 0.6) is 0 Å². The Morgan fingerprint density at radius 2 is 1.82 bits per heavy atom. The molecule has 3 unspecified atom stereocenters. The molecule has 3 N–H and O–H groups in total. The van der Waals surface area contributed by atoms with E-state index in [1.54, 1.807) is 29.0 Å². The van der Waals surface area contributed by atoms with Crippen molar-refractivity contribution in [1.29, 1.82) is 0 Å². The zero-order chi connectivity index (χ0) is 27.4. The zero-order valence-corrected chi connectivity index (χ0v) is 22.3. The SMILES string of the molecule is CC(C)(C)c1ccc(CC2CCCc3c2nn(-c2ccc(F)cc2)c3/C=C/C(O)CC(O)CC(=O)O)cc1.